The van der Waals surface area contributed by atoms with Crippen molar-refractivity contribution in [3.05, 3.63) is 0 Å². The fourth-order valence-corrected chi connectivity index (χ4v) is 1.09. The Balaban J connectivity index is 2.61. The Labute approximate surface area is 64.2 Å². The maximum absolute atomic E-state index is 5.67. The molecule has 9 heavy (non-hydrogen) atoms. The second-order valence-electron chi connectivity index (χ2n) is 2.02. The van der Waals surface area contributed by atoms with Crippen molar-refractivity contribution in [2.45, 2.75) is 18.5 Å². The van der Waals surface area contributed by atoms with E-state index in [1.165, 1.54) is 0 Å². The maximum atomic E-state index is 5.67. The lowest BCUT2D eigenvalue weighted by Gasteiger charge is -2.19. The van der Waals surface area contributed by atoms with E-state index >= 15 is 0 Å². The molecule has 52 valence electrons. The van der Waals surface area contributed by atoms with E-state index in [4.69, 9.17) is 23.2 Å². The number of nitrogens with zero attached hydrogens (tertiary/aromatic N) is 1. The minimum absolute atomic E-state index is 0.168. The predicted molar refractivity (Wildman–Crippen MR) is 40.4 cm³/mol. The largest absolute Gasteiger partial charge is 0.305 e. The van der Waals surface area contributed by atoms with Crippen molar-refractivity contribution in [3.8, 4) is 0 Å². The van der Waals surface area contributed by atoms with Gasteiger partial charge in [-0.1, -0.05) is 23.2 Å². The Morgan fingerprint density at radius 3 is 2.89 bits per heavy atom. The quantitative estimate of drug-likeness (QED) is 0.425. The molecule has 0 bridgehead atoms. The zero-order valence-corrected chi connectivity index (χ0v) is 6.58. The van der Waals surface area contributed by atoms with Crippen molar-refractivity contribution >= 4 is 28.4 Å². The van der Waals surface area contributed by atoms with E-state index in [0.29, 0.717) is 11.7 Å². The van der Waals surface area contributed by atoms with Gasteiger partial charge in [-0.2, -0.15) is 0 Å². The molecule has 0 radical (unpaired) electrons. The molecule has 0 aliphatic carbocycles. The van der Waals surface area contributed by atoms with Crippen LogP contribution in [0.4, 0.5) is 0 Å². The number of hydrogen-bond acceptors (Lipinski definition) is 2. The first kappa shape index (κ1) is 7.32. The number of aliphatic imine (C=N–C) groups is 1. The summed E-state index contributed by atoms with van der Waals surface area (Å²) in [4.78, 5) is 3.95. The molecular formula is C5H8Cl2N2. The molecule has 2 nitrogen and oxygen atoms in total. The van der Waals surface area contributed by atoms with E-state index in [9.17, 15) is 0 Å². The second-order valence-corrected chi connectivity index (χ2v) is 2.91. The van der Waals surface area contributed by atoms with Crippen LogP contribution >= 0.6 is 23.2 Å². The average Bonchev–Trinajstić information content (AvgIpc) is 1.80. The van der Waals surface area contributed by atoms with E-state index in [-0.39, 0.29) is 11.5 Å². The van der Waals surface area contributed by atoms with Gasteiger partial charge in [0.1, 0.15) is 10.7 Å². The van der Waals surface area contributed by atoms with Gasteiger partial charge in [0.25, 0.3) is 0 Å². The van der Waals surface area contributed by atoms with Gasteiger partial charge in [0.05, 0.1) is 6.04 Å². The summed E-state index contributed by atoms with van der Waals surface area (Å²) < 4.78 is 0. The summed E-state index contributed by atoms with van der Waals surface area (Å²) >= 11 is 11.3. The first-order valence-corrected chi connectivity index (χ1v) is 3.62. The summed E-state index contributed by atoms with van der Waals surface area (Å²) in [6.45, 7) is 2.66. The molecule has 1 aliphatic heterocycles. The molecule has 0 aromatic heterocycles. The summed E-state index contributed by atoms with van der Waals surface area (Å²) in [5, 5.41) is 3.66. The zero-order valence-electron chi connectivity index (χ0n) is 5.06. The Morgan fingerprint density at radius 2 is 2.44 bits per heavy atom. The standard InChI is InChI=1S/C5H8Cl2N2/c1-3-5(7)9-4(6)2-8-3/h3-4,8H,2H2,1H3. The van der Waals surface area contributed by atoms with Crippen molar-refractivity contribution in [1.29, 1.82) is 0 Å². The van der Waals surface area contributed by atoms with E-state index in [2.05, 4.69) is 10.3 Å². The lowest BCUT2D eigenvalue weighted by atomic mass is 10.3. The maximum Gasteiger partial charge on any atom is 0.137 e. The SMILES string of the molecule is CC1NCC(Cl)N=C1Cl. The van der Waals surface area contributed by atoms with Crippen molar-refractivity contribution in [2.24, 2.45) is 4.99 Å². The number of halogens is 2. The highest BCUT2D eigenvalue weighted by Gasteiger charge is 2.16. The van der Waals surface area contributed by atoms with Crippen LogP contribution in [-0.2, 0) is 0 Å². The van der Waals surface area contributed by atoms with Gasteiger partial charge in [-0.3, -0.25) is 4.99 Å². The molecule has 2 unspecified atom stereocenters. The van der Waals surface area contributed by atoms with Gasteiger partial charge in [0, 0.05) is 6.54 Å². The topological polar surface area (TPSA) is 24.4 Å². The van der Waals surface area contributed by atoms with Crippen LogP contribution < -0.4 is 5.32 Å². The Kier molecular flexibility index (Phi) is 2.33. The highest BCUT2D eigenvalue weighted by Crippen LogP contribution is 2.07. The van der Waals surface area contributed by atoms with Gasteiger partial charge >= 0.3 is 0 Å². The van der Waals surface area contributed by atoms with Crippen molar-refractivity contribution in [2.75, 3.05) is 6.54 Å². The molecular weight excluding hydrogens is 159 g/mol. The lowest BCUT2D eigenvalue weighted by Crippen LogP contribution is -2.40. The first-order chi connectivity index (χ1) is 4.20. The van der Waals surface area contributed by atoms with E-state index < -0.39 is 0 Å². The van der Waals surface area contributed by atoms with Gasteiger partial charge in [-0.05, 0) is 6.92 Å². The monoisotopic (exact) mass is 166 g/mol. The third-order valence-electron chi connectivity index (χ3n) is 1.21. The van der Waals surface area contributed by atoms with Gasteiger partial charge in [-0.15, -0.1) is 0 Å². The number of alkyl halides is 1. The van der Waals surface area contributed by atoms with Gasteiger partial charge < -0.3 is 5.32 Å². The summed E-state index contributed by atoms with van der Waals surface area (Å²) in [6, 6.07) is 0.168. The molecule has 0 spiro atoms. The third kappa shape index (κ3) is 1.81. The van der Waals surface area contributed by atoms with Crippen molar-refractivity contribution < 1.29 is 0 Å². The molecule has 0 saturated carbocycles. The van der Waals surface area contributed by atoms with Gasteiger partial charge in [-0.25, -0.2) is 0 Å². The van der Waals surface area contributed by atoms with Crippen LogP contribution in [0.5, 0.6) is 0 Å². The molecule has 0 amide bonds. The van der Waals surface area contributed by atoms with Gasteiger partial charge in [0.15, 0.2) is 0 Å². The van der Waals surface area contributed by atoms with Gasteiger partial charge in [0.2, 0.25) is 0 Å². The molecule has 2 atom stereocenters. The van der Waals surface area contributed by atoms with Crippen LogP contribution in [0.3, 0.4) is 0 Å². The third-order valence-corrected chi connectivity index (χ3v) is 1.89. The Morgan fingerprint density at radius 1 is 1.78 bits per heavy atom. The highest BCUT2D eigenvalue weighted by atomic mass is 35.5. The lowest BCUT2D eigenvalue weighted by molar-refractivity contribution is 0.615. The Bertz CT molecular complexity index is 135. The fraction of sp³-hybridized carbons (Fsp3) is 0.800. The van der Waals surface area contributed by atoms with E-state index in [1.807, 2.05) is 6.92 Å². The van der Waals surface area contributed by atoms with Crippen LogP contribution in [0.15, 0.2) is 4.99 Å². The molecule has 1 rings (SSSR count). The molecule has 0 fully saturated rings. The first-order valence-electron chi connectivity index (χ1n) is 2.81. The summed E-state index contributed by atoms with van der Waals surface area (Å²) in [5.74, 6) is 0. The Hall–Kier alpha value is 0.210. The van der Waals surface area contributed by atoms with Crippen molar-refractivity contribution in [3.63, 3.8) is 0 Å². The molecule has 1 N–H and O–H groups in total. The highest BCUT2D eigenvalue weighted by molar-refractivity contribution is 6.66. The van der Waals surface area contributed by atoms with Crippen LogP contribution in [0.1, 0.15) is 6.92 Å². The van der Waals surface area contributed by atoms with E-state index in [1.54, 1.807) is 0 Å². The second kappa shape index (κ2) is 2.86. The molecule has 1 aliphatic rings. The smallest absolute Gasteiger partial charge is 0.137 e. The van der Waals surface area contributed by atoms with Crippen LogP contribution in [-0.4, -0.2) is 23.3 Å². The van der Waals surface area contributed by atoms with Crippen LogP contribution in [0, 0.1) is 0 Å². The predicted octanol–water partition coefficient (Wildman–Crippen LogP) is 1.18. The summed E-state index contributed by atoms with van der Waals surface area (Å²) in [7, 11) is 0. The van der Waals surface area contributed by atoms with Crippen molar-refractivity contribution in [1.82, 2.24) is 5.32 Å². The fourth-order valence-electron chi connectivity index (χ4n) is 0.650. The van der Waals surface area contributed by atoms with E-state index in [0.717, 1.165) is 0 Å². The average molecular weight is 167 g/mol. The van der Waals surface area contributed by atoms with Crippen LogP contribution in [0.2, 0.25) is 0 Å². The molecule has 0 aromatic carbocycles. The zero-order chi connectivity index (χ0) is 6.85. The minimum atomic E-state index is -0.186. The molecule has 0 aromatic rings. The molecule has 0 saturated heterocycles. The molecule has 1 heterocycles. The number of rotatable bonds is 0. The normalized spacial score (nSPS) is 36.1. The summed E-state index contributed by atoms with van der Waals surface area (Å²) in [5.41, 5.74) is -0.186. The minimum Gasteiger partial charge on any atom is -0.305 e. The summed E-state index contributed by atoms with van der Waals surface area (Å²) in [6.07, 6.45) is 0. The number of hydrogen-bond donors (Lipinski definition) is 1. The number of nitrogens with one attached hydrogen (secondary N) is 1. The molecule has 4 heteroatoms. The van der Waals surface area contributed by atoms with Crippen LogP contribution in [0.25, 0.3) is 0 Å².